The van der Waals surface area contributed by atoms with Crippen molar-refractivity contribution in [3.63, 3.8) is 0 Å². The molecule has 2 aliphatic rings. The Balaban J connectivity index is 1.77. The number of amides is 1. The number of carbonyl (C=O) groups is 1. The minimum Gasteiger partial charge on any atom is -0.493 e. The van der Waals surface area contributed by atoms with E-state index in [4.69, 9.17) is 14.8 Å². The molecule has 1 amide bonds. The molecule has 0 aromatic heterocycles. The van der Waals surface area contributed by atoms with Crippen molar-refractivity contribution in [2.24, 2.45) is 10.1 Å². The highest BCUT2D eigenvalue weighted by molar-refractivity contribution is 9.10. The topological polar surface area (TPSA) is 66.3 Å². The number of nitrogens with zero attached hydrogens (tertiary/aromatic N) is 3. The zero-order chi connectivity index (χ0) is 21.8. The maximum Gasteiger partial charge on any atom is 0.276 e. The van der Waals surface area contributed by atoms with Crippen LogP contribution in [-0.2, 0) is 4.79 Å². The lowest BCUT2D eigenvalue weighted by Gasteiger charge is -2.34. The van der Waals surface area contributed by atoms with Gasteiger partial charge in [0.05, 0.1) is 12.0 Å². The molecule has 6 nitrogen and oxygen atoms in total. The summed E-state index contributed by atoms with van der Waals surface area (Å²) in [5.41, 5.74) is 1.38. The first-order valence-electron chi connectivity index (χ1n) is 10.4. The van der Waals surface area contributed by atoms with Gasteiger partial charge >= 0.3 is 0 Å². The minimum atomic E-state index is -0.483. The molecular formula is C23H25BrN4O2S. The average Bonchev–Trinajstić information content (AvgIpc) is 2.78. The van der Waals surface area contributed by atoms with Gasteiger partial charge in [0.1, 0.15) is 11.4 Å². The molecular weight excluding hydrogens is 476 g/mol. The number of para-hydroxylation sites is 1. The van der Waals surface area contributed by atoms with E-state index >= 15 is 0 Å². The van der Waals surface area contributed by atoms with E-state index in [1.54, 1.807) is 5.01 Å². The molecule has 31 heavy (non-hydrogen) atoms. The lowest BCUT2D eigenvalue weighted by atomic mass is 10.1. The van der Waals surface area contributed by atoms with Crippen molar-refractivity contribution in [3.8, 4) is 5.75 Å². The summed E-state index contributed by atoms with van der Waals surface area (Å²) in [6, 6.07) is 13.7. The van der Waals surface area contributed by atoms with Gasteiger partial charge in [-0.15, -0.1) is 5.10 Å². The molecule has 1 N–H and O–H groups in total. The molecule has 8 heteroatoms. The summed E-state index contributed by atoms with van der Waals surface area (Å²) in [6.45, 7) is 2.85. The molecule has 1 unspecified atom stereocenters. The highest BCUT2D eigenvalue weighted by atomic mass is 79.9. The molecule has 2 aliphatic heterocycles. The summed E-state index contributed by atoms with van der Waals surface area (Å²) in [5.74, 6) is 0.594. The largest absolute Gasteiger partial charge is 0.493 e. The third-order valence-corrected chi connectivity index (χ3v) is 6.28. The van der Waals surface area contributed by atoms with E-state index < -0.39 is 6.17 Å². The van der Waals surface area contributed by atoms with Crippen LogP contribution in [0.15, 0.2) is 57.0 Å². The van der Waals surface area contributed by atoms with Gasteiger partial charge in [-0.25, -0.2) is 5.01 Å². The Morgan fingerprint density at radius 2 is 2.03 bits per heavy atom. The quantitative estimate of drug-likeness (QED) is 0.585. The van der Waals surface area contributed by atoms with Crippen molar-refractivity contribution >= 4 is 44.5 Å². The summed E-state index contributed by atoms with van der Waals surface area (Å²) in [5, 5.41) is 11.4. The van der Waals surface area contributed by atoms with Gasteiger partial charge in [-0.3, -0.25) is 15.1 Å². The first-order chi connectivity index (χ1) is 15.1. The summed E-state index contributed by atoms with van der Waals surface area (Å²) in [4.78, 5) is 18.0. The number of carbonyl (C=O) groups excluding carboxylic acids is 1. The van der Waals surface area contributed by atoms with Crippen molar-refractivity contribution in [1.82, 2.24) is 10.3 Å². The second kappa shape index (κ2) is 9.87. The maximum absolute atomic E-state index is 13.0. The molecule has 0 spiro atoms. The van der Waals surface area contributed by atoms with Crippen molar-refractivity contribution < 1.29 is 9.53 Å². The molecule has 0 fully saturated rings. The predicted octanol–water partition coefficient (Wildman–Crippen LogP) is 3.91. The van der Waals surface area contributed by atoms with E-state index in [1.807, 2.05) is 48.7 Å². The number of nitrogens with one attached hydrogen (secondary N) is 1. The number of ether oxygens (including phenoxy) is 1. The van der Waals surface area contributed by atoms with Crippen molar-refractivity contribution in [2.75, 3.05) is 12.9 Å². The standard InChI is InChI=1S/C23H25BrN4O2S/c1-3-4-5-8-13-30-19-10-7-6-9-16(19)21-25-18-12-11-15(24)14-17(18)20-22(29)26-23(31-2)27-28(20)21/h6-7,9-12,14,21H,3-5,8,13H2,1-2H3,(H,26,27,29). The number of rotatable bonds is 7. The average molecular weight is 501 g/mol. The fourth-order valence-electron chi connectivity index (χ4n) is 3.68. The second-order valence-electron chi connectivity index (χ2n) is 7.37. The Morgan fingerprint density at radius 1 is 1.19 bits per heavy atom. The lowest BCUT2D eigenvalue weighted by molar-refractivity contribution is -0.116. The summed E-state index contributed by atoms with van der Waals surface area (Å²) >= 11 is 4.90. The van der Waals surface area contributed by atoms with Crippen LogP contribution in [0.25, 0.3) is 5.70 Å². The number of hydrogen-bond acceptors (Lipinski definition) is 6. The number of hydrogen-bond donors (Lipinski definition) is 1. The molecule has 0 radical (unpaired) electrons. The molecule has 2 heterocycles. The first-order valence-corrected chi connectivity index (χ1v) is 12.5. The molecule has 0 saturated carbocycles. The fraction of sp³-hybridized carbons (Fsp3) is 0.348. The van der Waals surface area contributed by atoms with Gasteiger partial charge in [-0.05, 0) is 36.9 Å². The summed E-state index contributed by atoms with van der Waals surface area (Å²) in [6.07, 6.45) is 5.97. The summed E-state index contributed by atoms with van der Waals surface area (Å²) in [7, 11) is 0. The van der Waals surface area contributed by atoms with Crippen LogP contribution < -0.4 is 20.6 Å². The zero-order valence-corrected chi connectivity index (χ0v) is 20.0. The minimum absolute atomic E-state index is 0.184. The lowest BCUT2D eigenvalue weighted by Crippen LogP contribution is -2.50. The van der Waals surface area contributed by atoms with Crippen LogP contribution in [0, 0.1) is 0 Å². The van der Waals surface area contributed by atoms with E-state index in [9.17, 15) is 4.79 Å². The second-order valence-corrected chi connectivity index (χ2v) is 9.08. The number of amidine groups is 1. The fourth-order valence-corrected chi connectivity index (χ4v) is 4.41. The Morgan fingerprint density at radius 3 is 2.84 bits per heavy atom. The molecule has 162 valence electrons. The van der Waals surface area contributed by atoms with E-state index in [2.05, 4.69) is 28.2 Å². The van der Waals surface area contributed by atoms with Crippen molar-refractivity contribution in [1.29, 1.82) is 0 Å². The van der Waals surface area contributed by atoms with Crippen LogP contribution in [-0.4, -0.2) is 28.9 Å². The number of unbranched alkanes of at least 4 members (excludes halogenated alkanes) is 3. The van der Waals surface area contributed by atoms with Gasteiger partial charge in [0.2, 0.25) is 0 Å². The third kappa shape index (κ3) is 4.65. The summed E-state index contributed by atoms with van der Waals surface area (Å²) < 4.78 is 7.03. The molecule has 4 rings (SSSR count). The van der Waals surface area contributed by atoms with Crippen molar-refractivity contribution in [2.45, 2.75) is 38.8 Å². The van der Waals surface area contributed by atoms with Crippen molar-refractivity contribution in [3.05, 3.63) is 63.1 Å². The van der Waals surface area contributed by atoms with Gasteiger partial charge in [0.25, 0.3) is 5.91 Å². The smallest absolute Gasteiger partial charge is 0.276 e. The number of halogens is 1. The number of thioether (sulfide) groups is 1. The van der Waals surface area contributed by atoms with Gasteiger partial charge < -0.3 is 4.74 Å². The van der Waals surface area contributed by atoms with Crippen LogP contribution in [0.3, 0.4) is 0 Å². The predicted molar refractivity (Wildman–Crippen MR) is 128 cm³/mol. The van der Waals surface area contributed by atoms with Crippen LogP contribution in [0.1, 0.15) is 44.3 Å². The Kier molecular flexibility index (Phi) is 6.97. The van der Waals surface area contributed by atoms with Gasteiger partial charge in [-0.2, -0.15) is 0 Å². The number of benzene rings is 2. The van der Waals surface area contributed by atoms with Crippen LogP contribution in [0.4, 0.5) is 0 Å². The highest BCUT2D eigenvalue weighted by Gasteiger charge is 2.35. The van der Waals surface area contributed by atoms with Crippen LogP contribution >= 0.6 is 27.7 Å². The van der Waals surface area contributed by atoms with Gasteiger partial charge in [0.15, 0.2) is 11.3 Å². The zero-order valence-electron chi connectivity index (χ0n) is 17.6. The molecule has 2 aromatic rings. The Bertz CT molecular complexity index is 1130. The Hall–Kier alpha value is -2.32. The highest BCUT2D eigenvalue weighted by Crippen LogP contribution is 2.35. The first kappa shape index (κ1) is 21.9. The van der Waals surface area contributed by atoms with Gasteiger partial charge in [0, 0.05) is 15.3 Å². The van der Waals surface area contributed by atoms with Crippen LogP contribution in [0.2, 0.25) is 0 Å². The Labute approximate surface area is 194 Å². The molecule has 1 atom stereocenters. The molecule has 0 bridgehead atoms. The molecule has 0 saturated heterocycles. The molecule has 2 aromatic carbocycles. The van der Waals surface area contributed by atoms with E-state index in [0.29, 0.717) is 17.5 Å². The maximum atomic E-state index is 13.0. The van der Waals surface area contributed by atoms with Crippen LogP contribution in [0.5, 0.6) is 5.75 Å². The monoisotopic (exact) mass is 500 g/mol. The SMILES string of the molecule is CCCCCCOc1ccccc1C1N=c2ccc(Br)cc2=C2C(=O)NC(SC)=NN21. The normalized spacial score (nSPS) is 17.3. The van der Waals surface area contributed by atoms with E-state index in [-0.39, 0.29) is 5.91 Å². The van der Waals surface area contributed by atoms with E-state index in [0.717, 1.165) is 39.2 Å². The third-order valence-electron chi connectivity index (χ3n) is 5.22. The number of fused-ring (bicyclic) bond motifs is 2. The van der Waals surface area contributed by atoms with Gasteiger partial charge in [-0.1, -0.05) is 72.1 Å². The van der Waals surface area contributed by atoms with E-state index in [1.165, 1.54) is 24.6 Å². The molecule has 0 aliphatic carbocycles. The number of hydrazone groups is 1.